The molecule has 0 unspecified atom stereocenters. The van der Waals surface area contributed by atoms with E-state index in [1.807, 2.05) is 0 Å². The van der Waals surface area contributed by atoms with Crippen LogP contribution in [0.4, 0.5) is 0 Å². The van der Waals surface area contributed by atoms with Crippen molar-refractivity contribution in [3.63, 3.8) is 0 Å². The van der Waals surface area contributed by atoms with Crippen LogP contribution in [0.5, 0.6) is 0 Å². The van der Waals surface area contributed by atoms with Crippen molar-refractivity contribution in [2.75, 3.05) is 27.7 Å². The van der Waals surface area contributed by atoms with Gasteiger partial charge in [0.1, 0.15) is 0 Å². The van der Waals surface area contributed by atoms with Crippen molar-refractivity contribution in [1.82, 2.24) is 0 Å². The first-order valence-electron chi connectivity index (χ1n) is 4.05. The molecule has 13 heavy (non-hydrogen) atoms. The first-order chi connectivity index (χ1) is 5.33. The fourth-order valence-electron chi connectivity index (χ4n) is 0.671. The zero-order valence-corrected chi connectivity index (χ0v) is 9.08. The van der Waals surface area contributed by atoms with Crippen LogP contribution in [-0.2, 0) is 4.79 Å². The predicted molar refractivity (Wildman–Crippen MR) is 54.5 cm³/mol. The van der Waals surface area contributed by atoms with E-state index in [9.17, 15) is 4.79 Å². The van der Waals surface area contributed by atoms with Gasteiger partial charge < -0.3 is 15.7 Å². The normalized spacial score (nSPS) is 8.92. The molecule has 0 aromatic carbocycles. The number of rotatable bonds is 3. The van der Waals surface area contributed by atoms with Gasteiger partial charge in [-0.05, 0) is 12.5 Å². The standard InChI is InChI=1S/C6H16N.C3H5NO.H2O/c1-5-6-7(2,3)4;1-2-3(4)5;/h5-6H2,1-4H3;2H,1H2,(H2,4,5);1H2/q+1;;/p-1. The van der Waals surface area contributed by atoms with E-state index >= 15 is 0 Å². The summed E-state index contributed by atoms with van der Waals surface area (Å²) in [6.45, 7) is 6.58. The maximum Gasteiger partial charge on any atom is 0.240 e. The van der Waals surface area contributed by atoms with E-state index in [1.165, 1.54) is 13.0 Å². The van der Waals surface area contributed by atoms with Crippen LogP contribution in [0.1, 0.15) is 13.3 Å². The molecule has 0 spiro atoms. The van der Waals surface area contributed by atoms with Gasteiger partial charge in [-0.1, -0.05) is 13.5 Å². The number of primary amides is 1. The van der Waals surface area contributed by atoms with Crippen molar-refractivity contribution in [3.8, 4) is 0 Å². The lowest BCUT2D eigenvalue weighted by atomic mass is 10.4. The van der Waals surface area contributed by atoms with Gasteiger partial charge in [-0.2, -0.15) is 0 Å². The maximum atomic E-state index is 9.47. The van der Waals surface area contributed by atoms with Crippen molar-refractivity contribution in [2.45, 2.75) is 13.3 Å². The van der Waals surface area contributed by atoms with Crippen LogP contribution in [0.25, 0.3) is 0 Å². The second-order valence-corrected chi connectivity index (χ2v) is 3.62. The van der Waals surface area contributed by atoms with Crippen LogP contribution < -0.4 is 5.73 Å². The molecule has 0 rings (SSSR count). The number of quaternary nitrogens is 1. The number of nitrogens with two attached hydrogens (primary N) is 1. The third kappa shape index (κ3) is 35.3. The van der Waals surface area contributed by atoms with Crippen LogP contribution in [0.3, 0.4) is 0 Å². The Hall–Kier alpha value is -0.870. The molecule has 0 aliphatic heterocycles. The van der Waals surface area contributed by atoms with Crippen molar-refractivity contribution >= 4 is 5.91 Å². The fourth-order valence-corrected chi connectivity index (χ4v) is 0.671. The van der Waals surface area contributed by atoms with E-state index in [0.29, 0.717) is 0 Å². The Bertz CT molecular complexity index is 139. The summed E-state index contributed by atoms with van der Waals surface area (Å²) < 4.78 is 1.09. The van der Waals surface area contributed by atoms with Crippen LogP contribution >= 0.6 is 0 Å². The molecule has 0 atom stereocenters. The second-order valence-electron chi connectivity index (χ2n) is 3.62. The minimum atomic E-state index is -0.481. The third-order valence-corrected chi connectivity index (χ3v) is 1.10. The largest absolute Gasteiger partial charge is 0.870 e. The summed E-state index contributed by atoms with van der Waals surface area (Å²) in [5.41, 5.74) is 4.53. The lowest BCUT2D eigenvalue weighted by molar-refractivity contribution is -0.870. The molecule has 0 saturated carbocycles. The highest BCUT2D eigenvalue weighted by Gasteiger charge is 2.01. The summed E-state index contributed by atoms with van der Waals surface area (Å²) in [6, 6.07) is 0. The van der Waals surface area contributed by atoms with Crippen molar-refractivity contribution in [3.05, 3.63) is 12.7 Å². The molecular formula is C9H22N2O2. The van der Waals surface area contributed by atoms with Gasteiger partial charge in [0.25, 0.3) is 0 Å². The molecule has 0 saturated heterocycles. The smallest absolute Gasteiger partial charge is 0.240 e. The van der Waals surface area contributed by atoms with E-state index in [2.05, 4.69) is 40.4 Å². The molecule has 1 amide bonds. The Morgan fingerprint density at radius 3 is 1.77 bits per heavy atom. The quantitative estimate of drug-likeness (QED) is 0.522. The maximum absolute atomic E-state index is 9.47. The molecule has 0 bridgehead atoms. The molecule has 0 aliphatic carbocycles. The lowest BCUT2D eigenvalue weighted by Crippen LogP contribution is -2.34. The number of carbonyl (C=O) groups is 1. The number of hydrogen-bond acceptors (Lipinski definition) is 2. The lowest BCUT2D eigenvalue weighted by Gasteiger charge is -2.22. The summed E-state index contributed by atoms with van der Waals surface area (Å²) in [4.78, 5) is 9.47. The molecule has 80 valence electrons. The summed E-state index contributed by atoms with van der Waals surface area (Å²) in [5, 5.41) is 0. The van der Waals surface area contributed by atoms with Gasteiger partial charge in [0.15, 0.2) is 0 Å². The number of nitrogens with zero attached hydrogens (tertiary/aromatic N) is 1. The van der Waals surface area contributed by atoms with Crippen molar-refractivity contribution in [1.29, 1.82) is 0 Å². The highest BCUT2D eigenvalue weighted by atomic mass is 16.1. The summed E-state index contributed by atoms with van der Waals surface area (Å²) in [5.74, 6) is -0.481. The van der Waals surface area contributed by atoms with Crippen molar-refractivity contribution < 1.29 is 14.8 Å². The summed E-state index contributed by atoms with van der Waals surface area (Å²) in [6.07, 6.45) is 2.34. The van der Waals surface area contributed by atoms with Gasteiger partial charge in [-0.3, -0.25) is 4.79 Å². The van der Waals surface area contributed by atoms with Gasteiger partial charge >= 0.3 is 0 Å². The molecule has 0 radical (unpaired) electrons. The third-order valence-electron chi connectivity index (χ3n) is 1.10. The zero-order valence-electron chi connectivity index (χ0n) is 9.08. The Morgan fingerprint density at radius 2 is 1.77 bits per heavy atom. The molecular weight excluding hydrogens is 168 g/mol. The van der Waals surface area contributed by atoms with E-state index in [1.54, 1.807) is 0 Å². The average molecular weight is 190 g/mol. The summed E-state index contributed by atoms with van der Waals surface area (Å²) in [7, 11) is 6.64. The number of amides is 1. The Kier molecular flexibility index (Phi) is 12.8. The van der Waals surface area contributed by atoms with Crippen molar-refractivity contribution in [2.24, 2.45) is 5.73 Å². The molecule has 4 nitrogen and oxygen atoms in total. The van der Waals surface area contributed by atoms with Gasteiger partial charge in [-0.15, -0.1) is 0 Å². The Balaban J connectivity index is -0.000000150. The first kappa shape index (κ1) is 18.0. The fraction of sp³-hybridized carbons (Fsp3) is 0.667. The molecule has 0 aromatic heterocycles. The Labute approximate surface area is 80.9 Å². The highest BCUT2D eigenvalue weighted by Crippen LogP contribution is 1.90. The first-order valence-corrected chi connectivity index (χ1v) is 4.05. The molecule has 4 heteroatoms. The number of carbonyl (C=O) groups excluding carboxylic acids is 1. The highest BCUT2D eigenvalue weighted by molar-refractivity contribution is 5.84. The molecule has 0 aromatic rings. The van der Waals surface area contributed by atoms with Gasteiger partial charge in [0, 0.05) is 0 Å². The van der Waals surface area contributed by atoms with Crippen LogP contribution in [0, 0.1) is 0 Å². The average Bonchev–Trinajstić information content (AvgIpc) is 1.86. The van der Waals surface area contributed by atoms with E-state index in [4.69, 9.17) is 0 Å². The SMILES string of the molecule is C=CC(N)=O.CCC[N+](C)(C)C.[OH-]. The predicted octanol–water partition coefficient (Wildman–Crippen LogP) is 0.583. The minimum absolute atomic E-state index is 0. The van der Waals surface area contributed by atoms with Gasteiger partial charge in [0.2, 0.25) is 5.91 Å². The van der Waals surface area contributed by atoms with Crippen LogP contribution in [-0.4, -0.2) is 43.6 Å². The van der Waals surface area contributed by atoms with E-state index in [0.717, 1.165) is 10.6 Å². The van der Waals surface area contributed by atoms with Gasteiger partial charge in [0.05, 0.1) is 27.7 Å². The Morgan fingerprint density at radius 1 is 1.46 bits per heavy atom. The summed E-state index contributed by atoms with van der Waals surface area (Å²) >= 11 is 0. The molecule has 0 fully saturated rings. The topological polar surface area (TPSA) is 73.1 Å². The van der Waals surface area contributed by atoms with Crippen LogP contribution in [0.15, 0.2) is 12.7 Å². The monoisotopic (exact) mass is 190 g/mol. The molecule has 0 aliphatic rings. The minimum Gasteiger partial charge on any atom is -0.870 e. The second kappa shape index (κ2) is 9.22. The van der Waals surface area contributed by atoms with E-state index < -0.39 is 5.91 Å². The zero-order chi connectivity index (χ0) is 10.2. The van der Waals surface area contributed by atoms with E-state index in [-0.39, 0.29) is 5.48 Å². The molecule has 0 heterocycles. The molecule has 3 N–H and O–H groups in total. The number of hydrogen-bond donors (Lipinski definition) is 1. The van der Waals surface area contributed by atoms with Crippen LogP contribution in [0.2, 0.25) is 0 Å². The van der Waals surface area contributed by atoms with Gasteiger partial charge in [-0.25, -0.2) is 0 Å².